The van der Waals surface area contributed by atoms with Crippen LogP contribution in [-0.2, 0) is 6.54 Å². The Bertz CT molecular complexity index is 674. The van der Waals surface area contributed by atoms with Gasteiger partial charge in [0.05, 0.1) is 13.1 Å². The molecule has 1 aromatic rings. The Morgan fingerprint density at radius 3 is 2.42 bits per heavy atom. The lowest BCUT2D eigenvalue weighted by Crippen LogP contribution is -2.47. The Balaban J connectivity index is 1.37. The van der Waals surface area contributed by atoms with Gasteiger partial charge in [0.2, 0.25) is 0 Å². The van der Waals surface area contributed by atoms with E-state index in [4.69, 9.17) is 0 Å². The summed E-state index contributed by atoms with van der Waals surface area (Å²) in [7, 11) is 0. The minimum atomic E-state index is -4.14. The zero-order valence-corrected chi connectivity index (χ0v) is 18.4. The van der Waals surface area contributed by atoms with Crippen LogP contribution in [0.3, 0.4) is 0 Å². The quantitative estimate of drug-likeness (QED) is 0.478. The van der Waals surface area contributed by atoms with Crippen LogP contribution in [0.1, 0.15) is 18.9 Å². The summed E-state index contributed by atoms with van der Waals surface area (Å²) in [6.45, 7) is 9.45. The summed E-state index contributed by atoms with van der Waals surface area (Å²) in [6, 6.07) is 10.6. The zero-order valence-electron chi connectivity index (χ0n) is 18.4. The summed E-state index contributed by atoms with van der Waals surface area (Å²) in [6.07, 6.45) is -3.44. The molecule has 0 aliphatic carbocycles. The molecule has 2 heterocycles. The molecule has 2 saturated heterocycles. The first kappa shape index (κ1) is 23.8. The molecule has 0 saturated carbocycles. The molecular weight excluding hydrogens is 405 g/mol. The first-order valence-electron chi connectivity index (χ1n) is 11.2. The van der Waals surface area contributed by atoms with Crippen molar-refractivity contribution in [1.82, 2.24) is 25.3 Å². The maximum Gasteiger partial charge on any atom is 0.401 e. The number of alkyl halides is 3. The predicted octanol–water partition coefficient (Wildman–Crippen LogP) is 2.00. The van der Waals surface area contributed by atoms with Gasteiger partial charge in [-0.05, 0) is 18.9 Å². The van der Waals surface area contributed by atoms with Crippen LogP contribution in [0.15, 0.2) is 35.3 Å². The minimum absolute atomic E-state index is 0.00156. The number of rotatable bonds is 8. The Morgan fingerprint density at radius 2 is 1.74 bits per heavy atom. The van der Waals surface area contributed by atoms with E-state index in [2.05, 4.69) is 49.7 Å². The number of hydrogen-bond acceptors (Lipinski definition) is 4. The van der Waals surface area contributed by atoms with Crippen molar-refractivity contribution in [3.8, 4) is 0 Å². The van der Waals surface area contributed by atoms with E-state index in [1.807, 2.05) is 13.0 Å². The third-order valence-corrected chi connectivity index (χ3v) is 5.76. The Morgan fingerprint density at radius 1 is 1.03 bits per heavy atom. The molecule has 0 bridgehead atoms. The van der Waals surface area contributed by atoms with E-state index in [-0.39, 0.29) is 6.04 Å². The van der Waals surface area contributed by atoms with E-state index in [1.165, 1.54) is 10.5 Å². The van der Waals surface area contributed by atoms with Crippen LogP contribution in [-0.4, -0.2) is 98.3 Å². The molecule has 174 valence electrons. The predicted molar refractivity (Wildman–Crippen MR) is 118 cm³/mol. The molecule has 0 aromatic heterocycles. The van der Waals surface area contributed by atoms with E-state index in [9.17, 15) is 13.2 Å². The molecule has 0 amide bonds. The van der Waals surface area contributed by atoms with E-state index < -0.39 is 12.7 Å². The monoisotopic (exact) mass is 440 g/mol. The maximum atomic E-state index is 12.6. The molecule has 31 heavy (non-hydrogen) atoms. The molecule has 1 aromatic carbocycles. The average molecular weight is 441 g/mol. The standard InChI is InChI=1S/C22H35F3N6/c1-2-26-21(28-20-8-10-31(17-20)18-22(23,24)25)27-9-11-29-12-14-30(15-13-29)16-19-6-4-3-5-7-19/h3-7,20H,2,8-18H2,1H3,(H2,26,27,28). The fourth-order valence-electron chi connectivity index (χ4n) is 4.18. The van der Waals surface area contributed by atoms with E-state index >= 15 is 0 Å². The van der Waals surface area contributed by atoms with Gasteiger partial charge in [0.25, 0.3) is 0 Å². The molecule has 2 aliphatic heterocycles. The number of hydrogen-bond donors (Lipinski definition) is 2. The lowest BCUT2D eigenvalue weighted by molar-refractivity contribution is -0.143. The number of nitrogens with one attached hydrogen (secondary N) is 2. The third-order valence-electron chi connectivity index (χ3n) is 5.76. The summed E-state index contributed by atoms with van der Waals surface area (Å²) >= 11 is 0. The van der Waals surface area contributed by atoms with Crippen LogP contribution in [0.4, 0.5) is 13.2 Å². The van der Waals surface area contributed by atoms with Gasteiger partial charge in [-0.25, -0.2) is 0 Å². The largest absolute Gasteiger partial charge is 0.401 e. The van der Waals surface area contributed by atoms with Crippen molar-refractivity contribution in [2.75, 3.05) is 65.4 Å². The number of likely N-dealkylation sites (tertiary alicyclic amines) is 1. The van der Waals surface area contributed by atoms with Gasteiger partial charge in [0, 0.05) is 64.9 Å². The van der Waals surface area contributed by atoms with Gasteiger partial charge in [-0.15, -0.1) is 0 Å². The molecule has 9 heteroatoms. The Kier molecular flexibility index (Phi) is 8.98. The second-order valence-electron chi connectivity index (χ2n) is 8.34. The normalized spacial score (nSPS) is 22.1. The summed E-state index contributed by atoms with van der Waals surface area (Å²) in [4.78, 5) is 11.0. The smallest absolute Gasteiger partial charge is 0.357 e. The van der Waals surface area contributed by atoms with Gasteiger partial charge < -0.3 is 10.6 Å². The van der Waals surface area contributed by atoms with E-state index in [0.29, 0.717) is 32.0 Å². The molecular formula is C22H35F3N6. The summed E-state index contributed by atoms with van der Waals surface area (Å²) in [5.41, 5.74) is 1.35. The molecule has 3 rings (SSSR count). The molecule has 1 unspecified atom stereocenters. The molecule has 2 aliphatic rings. The van der Waals surface area contributed by atoms with E-state index in [0.717, 1.165) is 45.8 Å². The molecule has 2 fully saturated rings. The first-order chi connectivity index (χ1) is 14.9. The van der Waals surface area contributed by atoms with Crippen LogP contribution in [0.2, 0.25) is 0 Å². The highest BCUT2D eigenvalue weighted by atomic mass is 19.4. The van der Waals surface area contributed by atoms with Crippen LogP contribution in [0.5, 0.6) is 0 Å². The van der Waals surface area contributed by atoms with Crippen molar-refractivity contribution in [1.29, 1.82) is 0 Å². The van der Waals surface area contributed by atoms with Gasteiger partial charge in [-0.1, -0.05) is 30.3 Å². The summed E-state index contributed by atoms with van der Waals surface area (Å²) < 4.78 is 37.8. The van der Waals surface area contributed by atoms with Crippen LogP contribution in [0.25, 0.3) is 0 Å². The SMILES string of the molecule is CCNC(=NCCN1CCN(Cc2ccccc2)CC1)NC1CCN(CC(F)(F)F)C1. The average Bonchev–Trinajstić information content (AvgIpc) is 3.15. The van der Waals surface area contributed by atoms with Crippen molar-refractivity contribution >= 4 is 5.96 Å². The third kappa shape index (κ3) is 8.66. The fourth-order valence-corrected chi connectivity index (χ4v) is 4.18. The number of nitrogens with zero attached hydrogens (tertiary/aromatic N) is 4. The summed E-state index contributed by atoms with van der Waals surface area (Å²) in [5, 5.41) is 6.52. The van der Waals surface area contributed by atoms with Crippen LogP contribution in [0, 0.1) is 0 Å². The first-order valence-corrected chi connectivity index (χ1v) is 11.2. The molecule has 1 atom stereocenters. The van der Waals surface area contributed by atoms with Crippen molar-refractivity contribution in [3.63, 3.8) is 0 Å². The van der Waals surface area contributed by atoms with Gasteiger partial charge >= 0.3 is 6.18 Å². The summed E-state index contributed by atoms with van der Waals surface area (Å²) in [5.74, 6) is 0.698. The highest BCUT2D eigenvalue weighted by molar-refractivity contribution is 5.80. The molecule has 6 nitrogen and oxygen atoms in total. The van der Waals surface area contributed by atoms with Crippen molar-refractivity contribution < 1.29 is 13.2 Å². The number of piperazine rings is 1. The van der Waals surface area contributed by atoms with Crippen molar-refractivity contribution in [3.05, 3.63) is 35.9 Å². The maximum absolute atomic E-state index is 12.6. The zero-order chi connectivity index (χ0) is 22.1. The molecule has 0 spiro atoms. The number of guanidine groups is 1. The number of aliphatic imine (C=N–C) groups is 1. The number of halogens is 3. The van der Waals surface area contributed by atoms with Gasteiger partial charge in [0.15, 0.2) is 5.96 Å². The van der Waals surface area contributed by atoms with Crippen LogP contribution < -0.4 is 10.6 Å². The minimum Gasteiger partial charge on any atom is -0.357 e. The molecule has 2 N–H and O–H groups in total. The number of benzene rings is 1. The Hall–Kier alpha value is -1.84. The molecule has 0 radical (unpaired) electrons. The van der Waals surface area contributed by atoms with Gasteiger partial charge in [-0.3, -0.25) is 19.7 Å². The Labute approximate surface area is 183 Å². The fraction of sp³-hybridized carbons (Fsp3) is 0.682. The highest BCUT2D eigenvalue weighted by Crippen LogP contribution is 2.19. The topological polar surface area (TPSA) is 46.1 Å². The van der Waals surface area contributed by atoms with Gasteiger partial charge in [-0.2, -0.15) is 13.2 Å². The lowest BCUT2D eigenvalue weighted by atomic mass is 10.2. The highest BCUT2D eigenvalue weighted by Gasteiger charge is 2.34. The second-order valence-corrected chi connectivity index (χ2v) is 8.34. The van der Waals surface area contributed by atoms with Gasteiger partial charge in [0.1, 0.15) is 0 Å². The second kappa shape index (κ2) is 11.7. The van der Waals surface area contributed by atoms with Crippen molar-refractivity contribution in [2.45, 2.75) is 32.1 Å². The lowest BCUT2D eigenvalue weighted by Gasteiger charge is -2.34. The van der Waals surface area contributed by atoms with Crippen LogP contribution >= 0.6 is 0 Å². The van der Waals surface area contributed by atoms with Crippen molar-refractivity contribution in [2.24, 2.45) is 4.99 Å². The van der Waals surface area contributed by atoms with E-state index in [1.54, 1.807) is 0 Å².